The van der Waals surface area contributed by atoms with E-state index >= 15 is 0 Å². The Labute approximate surface area is 64.0 Å². The van der Waals surface area contributed by atoms with Gasteiger partial charge in [-0.05, 0) is 24.7 Å². The molecule has 1 nitrogen and oxygen atoms in total. The van der Waals surface area contributed by atoms with E-state index in [0.29, 0.717) is 6.04 Å². The Morgan fingerprint density at radius 3 is 2.40 bits per heavy atom. The maximum Gasteiger partial charge on any atom is 0.00415 e. The summed E-state index contributed by atoms with van der Waals surface area (Å²) >= 11 is 0. The van der Waals surface area contributed by atoms with Crippen LogP contribution in [0.25, 0.3) is 0 Å². The lowest BCUT2D eigenvalue weighted by Crippen LogP contribution is -2.29. The molecule has 1 aliphatic carbocycles. The van der Waals surface area contributed by atoms with Crippen molar-refractivity contribution in [2.45, 2.75) is 45.6 Å². The Morgan fingerprint density at radius 1 is 1.30 bits per heavy atom. The highest BCUT2D eigenvalue weighted by molar-refractivity contribution is 4.76. The molecule has 1 heteroatoms. The normalized spacial score (nSPS) is 34.8. The monoisotopic (exact) mass is 141 g/mol. The first kappa shape index (κ1) is 8.06. The maximum absolute atomic E-state index is 5.86. The van der Waals surface area contributed by atoms with Crippen LogP contribution in [0.1, 0.15) is 39.5 Å². The summed E-state index contributed by atoms with van der Waals surface area (Å²) < 4.78 is 0. The third kappa shape index (κ3) is 1.98. The zero-order valence-corrected chi connectivity index (χ0v) is 7.14. The molecule has 1 saturated carbocycles. The van der Waals surface area contributed by atoms with Crippen LogP contribution in [-0.4, -0.2) is 6.04 Å². The van der Waals surface area contributed by atoms with Crippen LogP contribution in [0.3, 0.4) is 0 Å². The van der Waals surface area contributed by atoms with E-state index in [4.69, 9.17) is 5.73 Å². The Kier molecular flexibility index (Phi) is 2.72. The number of nitrogens with two attached hydrogens (primary N) is 1. The van der Waals surface area contributed by atoms with Gasteiger partial charge < -0.3 is 5.73 Å². The zero-order chi connectivity index (χ0) is 7.56. The lowest BCUT2D eigenvalue weighted by atomic mass is 9.80. The van der Waals surface area contributed by atoms with Crippen molar-refractivity contribution in [1.29, 1.82) is 0 Å². The molecule has 60 valence electrons. The minimum atomic E-state index is 0.501. The molecule has 0 heterocycles. The molecule has 2 atom stereocenters. The van der Waals surface area contributed by atoms with Gasteiger partial charge >= 0.3 is 0 Å². The van der Waals surface area contributed by atoms with E-state index in [2.05, 4.69) is 13.8 Å². The summed E-state index contributed by atoms with van der Waals surface area (Å²) in [7, 11) is 0. The Balaban J connectivity index is 2.32. The fraction of sp³-hybridized carbons (Fsp3) is 1.00. The molecule has 0 aromatic heterocycles. The van der Waals surface area contributed by atoms with Crippen LogP contribution in [-0.2, 0) is 0 Å². The molecule has 0 bridgehead atoms. The van der Waals surface area contributed by atoms with Crippen molar-refractivity contribution in [2.24, 2.45) is 17.6 Å². The second-order valence-electron chi connectivity index (χ2n) is 3.93. The summed E-state index contributed by atoms with van der Waals surface area (Å²) in [6.45, 7) is 4.62. The summed E-state index contributed by atoms with van der Waals surface area (Å²) in [6, 6.07) is 0.501. The van der Waals surface area contributed by atoms with Crippen molar-refractivity contribution in [3.05, 3.63) is 0 Å². The van der Waals surface area contributed by atoms with Crippen molar-refractivity contribution in [2.75, 3.05) is 0 Å². The van der Waals surface area contributed by atoms with Gasteiger partial charge in [-0.25, -0.2) is 0 Å². The van der Waals surface area contributed by atoms with Gasteiger partial charge in [0.15, 0.2) is 0 Å². The summed E-state index contributed by atoms with van der Waals surface area (Å²) in [5.41, 5.74) is 5.86. The molecule has 0 saturated heterocycles. The molecule has 0 aromatic carbocycles. The summed E-state index contributed by atoms with van der Waals surface area (Å²) in [6.07, 6.45) is 5.27. The summed E-state index contributed by atoms with van der Waals surface area (Å²) in [4.78, 5) is 0. The predicted molar refractivity (Wildman–Crippen MR) is 44.8 cm³/mol. The van der Waals surface area contributed by atoms with Crippen LogP contribution in [0, 0.1) is 11.8 Å². The van der Waals surface area contributed by atoms with Crippen LogP contribution in [0.15, 0.2) is 0 Å². The Hall–Kier alpha value is -0.0400. The van der Waals surface area contributed by atoms with E-state index in [1.807, 2.05) is 0 Å². The van der Waals surface area contributed by atoms with Gasteiger partial charge in [-0.15, -0.1) is 0 Å². The van der Waals surface area contributed by atoms with Crippen molar-refractivity contribution in [3.8, 4) is 0 Å². The van der Waals surface area contributed by atoms with Crippen molar-refractivity contribution in [3.63, 3.8) is 0 Å². The number of hydrogen-bond acceptors (Lipinski definition) is 1. The van der Waals surface area contributed by atoms with Gasteiger partial charge in [0.05, 0.1) is 0 Å². The van der Waals surface area contributed by atoms with Gasteiger partial charge in [0.25, 0.3) is 0 Å². The molecule has 1 aliphatic rings. The highest BCUT2D eigenvalue weighted by Crippen LogP contribution is 2.28. The van der Waals surface area contributed by atoms with E-state index in [9.17, 15) is 0 Å². The van der Waals surface area contributed by atoms with Gasteiger partial charge in [-0.2, -0.15) is 0 Å². The Morgan fingerprint density at radius 2 is 2.00 bits per heavy atom. The third-order valence-electron chi connectivity index (χ3n) is 2.70. The second-order valence-corrected chi connectivity index (χ2v) is 3.93. The molecule has 0 spiro atoms. The number of hydrogen-bond donors (Lipinski definition) is 1. The summed E-state index contributed by atoms with van der Waals surface area (Å²) in [5, 5.41) is 0. The first-order valence-electron chi connectivity index (χ1n) is 4.45. The molecule has 2 unspecified atom stereocenters. The standard InChI is InChI=1S/C9H19N/c1-7(2)8-4-3-5-9(10)6-8/h7-9H,3-6,10H2,1-2H3. The van der Waals surface area contributed by atoms with Crippen LogP contribution >= 0.6 is 0 Å². The molecule has 0 aromatic rings. The highest BCUT2D eigenvalue weighted by atomic mass is 14.6. The molecule has 0 aliphatic heterocycles. The first-order chi connectivity index (χ1) is 4.70. The lowest BCUT2D eigenvalue weighted by molar-refractivity contribution is 0.255. The minimum absolute atomic E-state index is 0.501. The molecule has 0 amide bonds. The van der Waals surface area contributed by atoms with Gasteiger partial charge in [0.2, 0.25) is 0 Å². The van der Waals surface area contributed by atoms with Gasteiger partial charge in [-0.1, -0.05) is 26.7 Å². The van der Waals surface area contributed by atoms with Crippen molar-refractivity contribution in [1.82, 2.24) is 0 Å². The molecule has 1 fully saturated rings. The van der Waals surface area contributed by atoms with Gasteiger partial charge in [-0.3, -0.25) is 0 Å². The number of rotatable bonds is 1. The minimum Gasteiger partial charge on any atom is -0.328 e. The van der Waals surface area contributed by atoms with E-state index in [0.717, 1.165) is 11.8 Å². The van der Waals surface area contributed by atoms with Crippen LogP contribution in [0.2, 0.25) is 0 Å². The topological polar surface area (TPSA) is 26.0 Å². The largest absolute Gasteiger partial charge is 0.328 e. The molecule has 10 heavy (non-hydrogen) atoms. The second kappa shape index (κ2) is 3.38. The Bertz CT molecular complexity index is 98.9. The SMILES string of the molecule is CC(C)C1CCCC(N)C1. The smallest absolute Gasteiger partial charge is 0.00415 e. The van der Waals surface area contributed by atoms with E-state index in [-0.39, 0.29) is 0 Å². The average Bonchev–Trinajstić information content (AvgIpc) is 1.88. The van der Waals surface area contributed by atoms with Gasteiger partial charge in [0.1, 0.15) is 0 Å². The van der Waals surface area contributed by atoms with Crippen LogP contribution in [0.5, 0.6) is 0 Å². The maximum atomic E-state index is 5.86. The van der Waals surface area contributed by atoms with Crippen molar-refractivity contribution < 1.29 is 0 Å². The summed E-state index contributed by atoms with van der Waals surface area (Å²) in [5.74, 6) is 1.75. The van der Waals surface area contributed by atoms with Crippen molar-refractivity contribution >= 4 is 0 Å². The average molecular weight is 141 g/mol. The van der Waals surface area contributed by atoms with Gasteiger partial charge in [0, 0.05) is 6.04 Å². The third-order valence-corrected chi connectivity index (χ3v) is 2.70. The first-order valence-corrected chi connectivity index (χ1v) is 4.45. The van der Waals surface area contributed by atoms with E-state index in [1.165, 1.54) is 25.7 Å². The molecular formula is C9H19N. The molecule has 1 rings (SSSR count). The fourth-order valence-electron chi connectivity index (χ4n) is 1.87. The molecule has 2 N–H and O–H groups in total. The predicted octanol–water partition coefficient (Wildman–Crippen LogP) is 2.16. The highest BCUT2D eigenvalue weighted by Gasteiger charge is 2.21. The zero-order valence-electron chi connectivity index (χ0n) is 7.14. The van der Waals surface area contributed by atoms with E-state index in [1.54, 1.807) is 0 Å². The molecular weight excluding hydrogens is 122 g/mol. The molecule has 0 radical (unpaired) electrons. The van der Waals surface area contributed by atoms with Crippen LogP contribution < -0.4 is 5.73 Å². The fourth-order valence-corrected chi connectivity index (χ4v) is 1.87. The van der Waals surface area contributed by atoms with E-state index < -0.39 is 0 Å². The lowest BCUT2D eigenvalue weighted by Gasteiger charge is -2.29. The quantitative estimate of drug-likeness (QED) is 0.595. The van der Waals surface area contributed by atoms with Crippen LogP contribution in [0.4, 0.5) is 0 Å².